The third-order valence-electron chi connectivity index (χ3n) is 5.36. The highest BCUT2D eigenvalue weighted by Gasteiger charge is 2.52. The van der Waals surface area contributed by atoms with Crippen molar-refractivity contribution in [2.24, 2.45) is 0 Å². The van der Waals surface area contributed by atoms with Gasteiger partial charge in [-0.25, -0.2) is 14.5 Å². The molecule has 8 nitrogen and oxygen atoms in total. The molecule has 0 aromatic carbocycles. The van der Waals surface area contributed by atoms with Crippen molar-refractivity contribution in [2.75, 3.05) is 32.0 Å². The minimum Gasteiger partial charge on any atom is -0.464 e. The van der Waals surface area contributed by atoms with Gasteiger partial charge in [-0.15, -0.1) is 0 Å². The second-order valence-corrected chi connectivity index (χ2v) is 10.7. The molecule has 3 heterocycles. The Bertz CT molecular complexity index is 883. The fraction of sp³-hybridized carbons (Fsp3) is 0.632. The van der Waals surface area contributed by atoms with Crippen molar-refractivity contribution >= 4 is 40.5 Å². The Labute approximate surface area is 174 Å². The molecule has 0 atom stereocenters. The highest BCUT2D eigenvalue weighted by Crippen LogP contribution is 2.36. The lowest BCUT2D eigenvalue weighted by Crippen LogP contribution is -2.41. The average Bonchev–Trinajstić information content (AvgIpc) is 3.11. The van der Waals surface area contributed by atoms with E-state index in [4.69, 9.17) is 18.8 Å². The molecule has 0 N–H and O–H groups in total. The smallest absolute Gasteiger partial charge is 0.464 e. The molecule has 10 heteroatoms. The van der Waals surface area contributed by atoms with E-state index in [0.717, 1.165) is 11.2 Å². The first-order valence-electron chi connectivity index (χ1n) is 9.48. The van der Waals surface area contributed by atoms with Crippen LogP contribution in [0.4, 0.5) is 0 Å². The van der Waals surface area contributed by atoms with Crippen molar-refractivity contribution < 1.29 is 23.6 Å². The van der Waals surface area contributed by atoms with E-state index in [1.165, 1.54) is 7.11 Å². The van der Waals surface area contributed by atoms with Crippen molar-refractivity contribution in [1.29, 1.82) is 0 Å². The molecule has 2 aromatic rings. The number of pyridine rings is 1. The van der Waals surface area contributed by atoms with Crippen LogP contribution >= 0.6 is 0 Å². The van der Waals surface area contributed by atoms with Crippen molar-refractivity contribution in [1.82, 2.24) is 14.8 Å². The molecule has 1 aliphatic heterocycles. The monoisotopic (exact) mass is 422 g/mol. The maximum atomic E-state index is 12.3. The SMILES string of the molecule is COC(=O)c1nn(COCC[S+](C)C)c2ncc(B3OC(C)(C)C(C)(C)O3)cc12. The fourth-order valence-corrected chi connectivity index (χ4v) is 3.35. The van der Waals surface area contributed by atoms with Crippen LogP contribution in [0.25, 0.3) is 11.0 Å². The van der Waals surface area contributed by atoms with Gasteiger partial charge in [-0.05, 0) is 44.7 Å². The quantitative estimate of drug-likeness (QED) is 0.288. The number of hydrogen-bond acceptors (Lipinski definition) is 7. The largest absolute Gasteiger partial charge is 0.496 e. The van der Waals surface area contributed by atoms with Gasteiger partial charge in [0, 0.05) is 11.7 Å². The van der Waals surface area contributed by atoms with E-state index < -0.39 is 24.3 Å². The third kappa shape index (κ3) is 4.45. The summed E-state index contributed by atoms with van der Waals surface area (Å²) in [5.41, 5.74) is 0.544. The lowest BCUT2D eigenvalue weighted by Gasteiger charge is -2.32. The van der Waals surface area contributed by atoms with E-state index in [0.29, 0.717) is 28.5 Å². The zero-order valence-electron chi connectivity index (χ0n) is 18.1. The molecule has 0 amide bonds. The Kier molecular flexibility index (Phi) is 6.28. The average molecular weight is 422 g/mol. The summed E-state index contributed by atoms with van der Waals surface area (Å²) < 4.78 is 24.4. The lowest BCUT2D eigenvalue weighted by atomic mass is 9.80. The van der Waals surface area contributed by atoms with Crippen molar-refractivity contribution in [2.45, 2.75) is 45.6 Å². The summed E-state index contributed by atoms with van der Waals surface area (Å²) in [4.78, 5) is 16.8. The normalized spacial score (nSPS) is 18.0. The van der Waals surface area contributed by atoms with Crippen LogP contribution in [0.15, 0.2) is 12.3 Å². The van der Waals surface area contributed by atoms with E-state index in [1.54, 1.807) is 10.9 Å². The molecule has 29 heavy (non-hydrogen) atoms. The van der Waals surface area contributed by atoms with E-state index in [-0.39, 0.29) is 12.4 Å². The summed E-state index contributed by atoms with van der Waals surface area (Å²) in [5, 5.41) is 4.96. The highest BCUT2D eigenvalue weighted by molar-refractivity contribution is 7.95. The predicted octanol–water partition coefficient (Wildman–Crippen LogP) is 1.37. The summed E-state index contributed by atoms with van der Waals surface area (Å²) >= 11 is 0. The number of aromatic nitrogens is 3. The van der Waals surface area contributed by atoms with E-state index >= 15 is 0 Å². The van der Waals surface area contributed by atoms with Crippen LogP contribution in [0.1, 0.15) is 38.2 Å². The second-order valence-electron chi connectivity index (χ2n) is 8.29. The topological polar surface area (TPSA) is 84.7 Å². The molecule has 0 spiro atoms. The molecule has 1 aliphatic rings. The van der Waals surface area contributed by atoms with Gasteiger partial charge in [0.1, 0.15) is 12.5 Å². The Morgan fingerprint density at radius 1 is 1.24 bits per heavy atom. The Hall–Kier alpha value is -1.62. The van der Waals surface area contributed by atoms with E-state index in [1.807, 2.05) is 33.8 Å². The van der Waals surface area contributed by atoms with Crippen LogP contribution < -0.4 is 5.46 Å². The van der Waals surface area contributed by atoms with E-state index in [2.05, 4.69) is 22.6 Å². The Morgan fingerprint density at radius 3 is 2.48 bits per heavy atom. The van der Waals surface area contributed by atoms with Crippen molar-refractivity contribution in [3.63, 3.8) is 0 Å². The summed E-state index contributed by atoms with van der Waals surface area (Å²) in [7, 11) is 1.06. The molecule has 0 aliphatic carbocycles. The number of methoxy groups -OCH3 is 1. The Balaban J connectivity index is 1.91. The minimum atomic E-state index is -0.575. The predicted molar refractivity (Wildman–Crippen MR) is 115 cm³/mol. The number of nitrogens with zero attached hydrogens (tertiary/aromatic N) is 3. The summed E-state index contributed by atoms with van der Waals surface area (Å²) in [6.45, 7) is 8.81. The van der Waals surface area contributed by atoms with Gasteiger partial charge < -0.3 is 18.8 Å². The molecule has 0 unspecified atom stereocenters. The number of esters is 1. The third-order valence-corrected chi connectivity index (χ3v) is 6.34. The first kappa shape index (κ1) is 22.1. The van der Waals surface area contributed by atoms with Crippen LogP contribution in [-0.4, -0.2) is 71.0 Å². The molecule has 1 fully saturated rings. The number of ether oxygens (including phenoxy) is 2. The molecule has 0 radical (unpaired) electrons. The zero-order chi connectivity index (χ0) is 21.4. The van der Waals surface area contributed by atoms with Gasteiger partial charge >= 0.3 is 13.1 Å². The number of rotatable bonds is 7. The summed E-state index contributed by atoms with van der Waals surface area (Å²) in [5.74, 6) is 0.452. The first-order valence-corrected chi connectivity index (χ1v) is 11.7. The first-order chi connectivity index (χ1) is 13.6. The molecular formula is C19H29BN3O5S+. The maximum absolute atomic E-state index is 12.3. The molecular weight excluding hydrogens is 393 g/mol. The molecule has 1 saturated heterocycles. The van der Waals surface area contributed by atoms with Crippen LogP contribution in [0.5, 0.6) is 0 Å². The summed E-state index contributed by atoms with van der Waals surface area (Å²) in [6, 6.07) is 1.83. The minimum absolute atomic E-state index is 0.197. The van der Waals surface area contributed by atoms with E-state index in [9.17, 15) is 4.79 Å². The molecule has 158 valence electrons. The van der Waals surface area contributed by atoms with Gasteiger partial charge in [-0.3, -0.25) is 0 Å². The van der Waals surface area contributed by atoms with Crippen LogP contribution in [0.2, 0.25) is 0 Å². The van der Waals surface area contributed by atoms with Crippen LogP contribution in [0.3, 0.4) is 0 Å². The molecule has 3 rings (SSSR count). The van der Waals surface area contributed by atoms with Crippen LogP contribution in [-0.2, 0) is 36.4 Å². The molecule has 2 aromatic heterocycles. The van der Waals surface area contributed by atoms with Crippen LogP contribution in [0, 0.1) is 0 Å². The Morgan fingerprint density at radius 2 is 1.90 bits per heavy atom. The molecule has 0 bridgehead atoms. The van der Waals surface area contributed by atoms with Gasteiger partial charge in [0.05, 0.1) is 42.8 Å². The maximum Gasteiger partial charge on any atom is 0.496 e. The highest BCUT2D eigenvalue weighted by atomic mass is 32.2. The van der Waals surface area contributed by atoms with Crippen molar-refractivity contribution in [3.8, 4) is 0 Å². The number of fused-ring (bicyclic) bond motifs is 1. The van der Waals surface area contributed by atoms with Gasteiger partial charge in [0.2, 0.25) is 0 Å². The lowest BCUT2D eigenvalue weighted by molar-refractivity contribution is 0.00578. The number of carbonyl (C=O) groups is 1. The second kappa shape index (κ2) is 8.25. The molecule has 0 saturated carbocycles. The standard InChI is InChI=1S/C19H29BN3O5S/c1-18(2)19(3,4)28-20(27-18)13-10-14-15(17(24)25-5)22-23(16(14)21-11-13)12-26-8-9-29(6)7/h10-11H,8-9,12H2,1-7H3/q+1. The fourth-order valence-electron chi connectivity index (χ4n) is 2.90. The number of carbonyl (C=O) groups excluding carboxylic acids is 1. The van der Waals surface area contributed by atoms with Gasteiger partial charge in [0.25, 0.3) is 0 Å². The summed E-state index contributed by atoms with van der Waals surface area (Å²) in [6.07, 6.45) is 6.03. The van der Waals surface area contributed by atoms with Gasteiger partial charge in [-0.2, -0.15) is 5.10 Å². The van der Waals surface area contributed by atoms with Gasteiger partial charge in [0.15, 0.2) is 11.3 Å². The van der Waals surface area contributed by atoms with Gasteiger partial charge in [-0.1, -0.05) is 0 Å². The zero-order valence-corrected chi connectivity index (χ0v) is 19.0. The van der Waals surface area contributed by atoms with Crippen molar-refractivity contribution in [3.05, 3.63) is 18.0 Å². The number of hydrogen-bond donors (Lipinski definition) is 0.